The van der Waals surface area contributed by atoms with Crippen LogP contribution >= 0.6 is 0 Å². The fraction of sp³-hybridized carbons (Fsp3) is 0.188. The van der Waals surface area contributed by atoms with Gasteiger partial charge in [0.25, 0.3) is 0 Å². The van der Waals surface area contributed by atoms with E-state index in [-0.39, 0.29) is 16.2 Å². The van der Waals surface area contributed by atoms with Gasteiger partial charge in [-0.3, -0.25) is 0 Å². The number of nitrogens with zero attached hydrogens (tertiary/aromatic N) is 2. The van der Waals surface area contributed by atoms with E-state index in [1.807, 2.05) is 0 Å². The van der Waals surface area contributed by atoms with Gasteiger partial charge in [-0.25, -0.2) is 17.8 Å². The first-order chi connectivity index (χ1) is 10.8. The van der Waals surface area contributed by atoms with Crippen LogP contribution < -0.4 is 0 Å². The zero-order chi connectivity index (χ0) is 16.8. The summed E-state index contributed by atoms with van der Waals surface area (Å²) in [6.45, 7) is 3.20. The average Bonchev–Trinajstić information content (AvgIpc) is 3.01. The number of pyridine rings is 1. The Balaban J connectivity index is 2.30. The second-order valence-corrected chi connectivity index (χ2v) is 7.52. The maximum atomic E-state index is 14.3. The second kappa shape index (κ2) is 5.34. The van der Waals surface area contributed by atoms with Crippen LogP contribution in [0.4, 0.5) is 4.39 Å². The molecule has 1 N–H and O–H groups in total. The number of hydrogen-bond donors (Lipinski definition) is 1. The largest absolute Gasteiger partial charge is 0.427 e. The van der Waals surface area contributed by atoms with Gasteiger partial charge in [0.15, 0.2) is 15.7 Å². The number of sulfone groups is 1. The zero-order valence-corrected chi connectivity index (χ0v) is 13.4. The summed E-state index contributed by atoms with van der Waals surface area (Å²) in [7, 11) is -3.44. The standard InChI is InChI=1S/C16H15FN2O3S/c1-3-23(21,22)11-4-5-15(17)14(9-11)13-8-10(2)19(20)16-12(13)6-7-18-16/h4-9,20H,3H2,1-2H3. The molecular formula is C16H15FN2O3S. The van der Waals surface area contributed by atoms with Gasteiger partial charge in [0.1, 0.15) is 5.82 Å². The van der Waals surface area contributed by atoms with Crippen molar-refractivity contribution in [2.75, 3.05) is 5.75 Å². The molecule has 0 radical (unpaired) electrons. The summed E-state index contributed by atoms with van der Waals surface area (Å²) in [5, 5.41) is 9.97. The molecule has 0 saturated carbocycles. The number of aromatic nitrogens is 2. The quantitative estimate of drug-likeness (QED) is 0.590. The summed E-state index contributed by atoms with van der Waals surface area (Å²) in [6, 6.07) is 6.99. The van der Waals surface area contributed by atoms with Gasteiger partial charge in [-0.05, 0) is 42.8 Å². The maximum Gasteiger partial charge on any atom is 0.178 e. The third-order valence-electron chi connectivity index (χ3n) is 3.82. The van der Waals surface area contributed by atoms with Gasteiger partial charge in [-0.15, -0.1) is 0 Å². The molecule has 5 nitrogen and oxygen atoms in total. The molecule has 1 aromatic carbocycles. The molecule has 7 heteroatoms. The smallest absolute Gasteiger partial charge is 0.178 e. The molecule has 3 rings (SSSR count). The number of benzene rings is 1. The summed E-state index contributed by atoms with van der Waals surface area (Å²) >= 11 is 0. The molecule has 0 aromatic heterocycles. The van der Waals surface area contributed by atoms with Crippen LogP contribution in [0.1, 0.15) is 12.6 Å². The van der Waals surface area contributed by atoms with Gasteiger partial charge in [-0.1, -0.05) is 6.92 Å². The lowest BCUT2D eigenvalue weighted by Crippen LogP contribution is -2.07. The molecule has 0 unspecified atom stereocenters. The zero-order valence-electron chi connectivity index (χ0n) is 12.6. The minimum atomic E-state index is -3.44. The highest BCUT2D eigenvalue weighted by Gasteiger charge is 2.21. The van der Waals surface area contributed by atoms with Gasteiger partial charge in [0, 0.05) is 17.3 Å². The van der Waals surface area contributed by atoms with E-state index >= 15 is 0 Å². The maximum absolute atomic E-state index is 14.3. The molecular weight excluding hydrogens is 319 g/mol. The molecule has 2 aliphatic rings. The van der Waals surface area contributed by atoms with Crippen molar-refractivity contribution in [1.82, 2.24) is 9.71 Å². The summed E-state index contributed by atoms with van der Waals surface area (Å²) in [4.78, 5) is 4.13. The van der Waals surface area contributed by atoms with E-state index in [2.05, 4.69) is 4.98 Å². The molecule has 120 valence electrons. The Bertz CT molecular complexity index is 964. The number of fused-ring (bicyclic) bond motifs is 1. The average molecular weight is 334 g/mol. The van der Waals surface area contributed by atoms with Crippen molar-refractivity contribution in [3.63, 3.8) is 0 Å². The third kappa shape index (κ3) is 2.46. The number of rotatable bonds is 3. The van der Waals surface area contributed by atoms with E-state index in [0.717, 1.165) is 10.8 Å². The summed E-state index contributed by atoms with van der Waals surface area (Å²) in [6.07, 6.45) is 1.50. The predicted octanol–water partition coefficient (Wildman–Crippen LogP) is 3.13. The molecule has 23 heavy (non-hydrogen) atoms. The van der Waals surface area contributed by atoms with Crippen LogP contribution in [0, 0.1) is 12.7 Å². The Labute approximate surface area is 133 Å². The number of halogens is 1. The first-order valence-electron chi connectivity index (χ1n) is 7.04. The van der Waals surface area contributed by atoms with Gasteiger partial charge < -0.3 is 5.21 Å². The Morgan fingerprint density at radius 3 is 2.61 bits per heavy atom. The minimum Gasteiger partial charge on any atom is -0.427 e. The highest BCUT2D eigenvalue weighted by Crippen LogP contribution is 2.36. The fourth-order valence-electron chi connectivity index (χ4n) is 2.51. The Hall–Kier alpha value is -2.41. The van der Waals surface area contributed by atoms with E-state index in [0.29, 0.717) is 22.6 Å². The summed E-state index contributed by atoms with van der Waals surface area (Å²) in [5.74, 6) is -0.295. The van der Waals surface area contributed by atoms with Gasteiger partial charge in [0.2, 0.25) is 0 Å². The van der Waals surface area contributed by atoms with E-state index in [1.165, 1.54) is 18.3 Å². The lowest BCUT2D eigenvalue weighted by molar-refractivity contribution is 0.180. The molecule has 2 heterocycles. The van der Waals surface area contributed by atoms with Crippen molar-refractivity contribution in [3.05, 3.63) is 48.0 Å². The molecule has 0 saturated heterocycles. The first-order valence-corrected chi connectivity index (χ1v) is 8.69. The van der Waals surface area contributed by atoms with Gasteiger partial charge in [0.05, 0.1) is 16.3 Å². The van der Waals surface area contributed by atoms with Crippen LogP contribution in [0.5, 0.6) is 0 Å². The highest BCUT2D eigenvalue weighted by atomic mass is 32.2. The minimum absolute atomic E-state index is 0.0596. The van der Waals surface area contributed by atoms with Crippen LogP contribution in [0.2, 0.25) is 0 Å². The Morgan fingerprint density at radius 1 is 1.17 bits per heavy atom. The van der Waals surface area contributed by atoms with E-state index in [9.17, 15) is 18.0 Å². The SMILES string of the molecule is CCS(=O)(=O)c1ccc(F)c(-c2cc(C)n(O)c3nccc2-3)c1. The van der Waals surface area contributed by atoms with Crippen LogP contribution in [-0.2, 0) is 9.84 Å². The normalized spacial score (nSPS) is 12.0. The molecule has 1 aromatic rings. The van der Waals surface area contributed by atoms with Crippen molar-refractivity contribution in [2.24, 2.45) is 0 Å². The van der Waals surface area contributed by atoms with Crippen molar-refractivity contribution < 1.29 is 18.0 Å². The molecule has 0 fully saturated rings. The van der Waals surface area contributed by atoms with Crippen LogP contribution in [-0.4, -0.2) is 29.1 Å². The molecule has 0 amide bonds. The molecule has 0 atom stereocenters. The predicted molar refractivity (Wildman–Crippen MR) is 83.9 cm³/mol. The fourth-order valence-corrected chi connectivity index (χ4v) is 3.42. The lowest BCUT2D eigenvalue weighted by atomic mass is 9.99. The Kier molecular flexibility index (Phi) is 3.60. The monoisotopic (exact) mass is 334 g/mol. The van der Waals surface area contributed by atoms with Crippen LogP contribution in [0.15, 0.2) is 41.4 Å². The number of aryl methyl sites for hydroxylation is 1. The van der Waals surface area contributed by atoms with E-state index in [4.69, 9.17) is 0 Å². The van der Waals surface area contributed by atoms with Crippen molar-refractivity contribution in [2.45, 2.75) is 18.7 Å². The summed E-state index contributed by atoms with van der Waals surface area (Å²) in [5.41, 5.74) is 1.67. The molecule has 0 aliphatic carbocycles. The number of hydrogen-bond acceptors (Lipinski definition) is 4. The molecule has 2 aliphatic heterocycles. The second-order valence-electron chi connectivity index (χ2n) is 5.24. The topological polar surface area (TPSA) is 72.2 Å². The van der Waals surface area contributed by atoms with E-state index in [1.54, 1.807) is 26.0 Å². The highest BCUT2D eigenvalue weighted by molar-refractivity contribution is 7.91. The van der Waals surface area contributed by atoms with Gasteiger partial charge >= 0.3 is 0 Å². The van der Waals surface area contributed by atoms with Crippen LogP contribution in [0.3, 0.4) is 0 Å². The lowest BCUT2D eigenvalue weighted by Gasteiger charge is -2.15. The van der Waals surface area contributed by atoms with E-state index < -0.39 is 15.7 Å². The van der Waals surface area contributed by atoms with Crippen LogP contribution in [0.25, 0.3) is 22.5 Å². The van der Waals surface area contributed by atoms with Crippen molar-refractivity contribution in [3.8, 4) is 22.5 Å². The Morgan fingerprint density at radius 2 is 1.91 bits per heavy atom. The first kappa shape index (κ1) is 15.5. The third-order valence-corrected chi connectivity index (χ3v) is 5.56. The molecule has 0 spiro atoms. The van der Waals surface area contributed by atoms with Gasteiger partial charge in [-0.2, -0.15) is 4.73 Å². The summed E-state index contributed by atoms with van der Waals surface area (Å²) < 4.78 is 39.4. The van der Waals surface area contributed by atoms with Crippen molar-refractivity contribution in [1.29, 1.82) is 0 Å². The molecule has 0 bridgehead atoms. The van der Waals surface area contributed by atoms with Crippen molar-refractivity contribution >= 4 is 9.84 Å².